The van der Waals surface area contributed by atoms with Gasteiger partial charge in [0.15, 0.2) is 5.82 Å². The molecule has 2 aliphatic rings. The minimum atomic E-state index is -0.389. The lowest BCUT2D eigenvalue weighted by Gasteiger charge is -2.26. The molecule has 2 saturated heterocycles. The highest BCUT2D eigenvalue weighted by atomic mass is 32.1. The lowest BCUT2D eigenvalue weighted by Crippen LogP contribution is -2.38. The van der Waals surface area contributed by atoms with Gasteiger partial charge >= 0.3 is 0 Å². The summed E-state index contributed by atoms with van der Waals surface area (Å²) < 4.78 is 12.4. The second kappa shape index (κ2) is 9.60. The molecule has 0 unspecified atom stereocenters. The summed E-state index contributed by atoms with van der Waals surface area (Å²) in [5.74, 6) is -0.247. The third-order valence-electron chi connectivity index (χ3n) is 6.04. The molecule has 9 nitrogen and oxygen atoms in total. The second-order valence-electron chi connectivity index (χ2n) is 8.36. The molecule has 3 N–H and O–H groups in total. The Morgan fingerprint density at radius 1 is 1.15 bits per heavy atom. The van der Waals surface area contributed by atoms with E-state index in [1.165, 1.54) is 11.3 Å². The van der Waals surface area contributed by atoms with Crippen LogP contribution in [0.3, 0.4) is 0 Å². The molecule has 10 heteroatoms. The van der Waals surface area contributed by atoms with Crippen LogP contribution in [0.4, 0.5) is 5.82 Å². The summed E-state index contributed by atoms with van der Waals surface area (Å²) in [6.07, 6.45) is 1.59. The first kappa shape index (κ1) is 22.0. The second-order valence-corrected chi connectivity index (χ2v) is 9.39. The Labute approximate surface area is 195 Å². The van der Waals surface area contributed by atoms with Gasteiger partial charge in [-0.3, -0.25) is 19.1 Å². The van der Waals surface area contributed by atoms with E-state index in [9.17, 15) is 9.59 Å². The third kappa shape index (κ3) is 4.79. The number of hydrogen-bond acceptors (Lipinski definition) is 8. The monoisotopic (exact) mass is 469 g/mol. The van der Waals surface area contributed by atoms with Crippen LogP contribution in [-0.2, 0) is 16.0 Å². The van der Waals surface area contributed by atoms with Crippen molar-refractivity contribution in [2.75, 3.05) is 45.3 Å². The molecule has 0 saturated carbocycles. The fourth-order valence-electron chi connectivity index (χ4n) is 4.27. The largest absolute Gasteiger partial charge is 0.381 e. The number of fused-ring (bicyclic) bond motifs is 1. The minimum absolute atomic E-state index is 0.0840. The quantitative estimate of drug-likeness (QED) is 0.586. The zero-order valence-electron chi connectivity index (χ0n) is 18.3. The van der Waals surface area contributed by atoms with Crippen LogP contribution in [0.2, 0.25) is 0 Å². The summed E-state index contributed by atoms with van der Waals surface area (Å²) in [7, 11) is 0. The molecule has 2 fully saturated rings. The maximum Gasteiger partial charge on any atom is 0.298 e. The summed E-state index contributed by atoms with van der Waals surface area (Å²) in [5, 5.41) is 3.07. The van der Waals surface area contributed by atoms with Crippen LogP contribution in [-0.4, -0.2) is 65.9 Å². The number of amides is 1. The van der Waals surface area contributed by atoms with Crippen molar-refractivity contribution in [2.24, 2.45) is 0 Å². The first-order chi connectivity index (χ1) is 16.1. The van der Waals surface area contributed by atoms with Crippen LogP contribution < -0.4 is 16.6 Å². The molecular formula is C23H27N5O4S. The molecule has 2 aliphatic heterocycles. The van der Waals surface area contributed by atoms with Gasteiger partial charge < -0.3 is 20.5 Å². The van der Waals surface area contributed by atoms with Gasteiger partial charge in [0, 0.05) is 44.6 Å². The van der Waals surface area contributed by atoms with E-state index >= 15 is 0 Å². The number of aromatic nitrogens is 2. The molecule has 174 valence electrons. The molecule has 3 aromatic rings. The Hall–Kier alpha value is -2.79. The number of carbonyl (C=O) groups is 1. The van der Waals surface area contributed by atoms with E-state index in [0.29, 0.717) is 34.1 Å². The Morgan fingerprint density at radius 3 is 2.70 bits per heavy atom. The molecule has 1 aromatic carbocycles. The molecule has 0 atom stereocenters. The molecule has 0 spiro atoms. The number of nitrogens with two attached hydrogens (primary N) is 1. The van der Waals surface area contributed by atoms with E-state index in [4.69, 9.17) is 15.2 Å². The van der Waals surface area contributed by atoms with Crippen molar-refractivity contribution in [3.63, 3.8) is 0 Å². The van der Waals surface area contributed by atoms with E-state index < -0.39 is 0 Å². The van der Waals surface area contributed by atoms with Crippen molar-refractivity contribution in [3.8, 4) is 5.69 Å². The topological polar surface area (TPSA) is 112 Å². The van der Waals surface area contributed by atoms with Crippen molar-refractivity contribution >= 4 is 33.4 Å². The number of nitrogens with one attached hydrogen (secondary N) is 1. The number of benzene rings is 1. The maximum atomic E-state index is 13.0. The Morgan fingerprint density at radius 2 is 1.91 bits per heavy atom. The Kier molecular flexibility index (Phi) is 6.41. The first-order valence-electron chi connectivity index (χ1n) is 11.2. The molecule has 0 aliphatic carbocycles. The molecule has 5 rings (SSSR count). The zero-order valence-corrected chi connectivity index (χ0v) is 19.1. The van der Waals surface area contributed by atoms with Gasteiger partial charge in [-0.25, -0.2) is 4.98 Å². The van der Waals surface area contributed by atoms with Crippen LogP contribution in [0.25, 0.3) is 16.0 Å². The summed E-state index contributed by atoms with van der Waals surface area (Å²) in [4.78, 5) is 33.5. The van der Waals surface area contributed by atoms with Crippen molar-refractivity contribution in [1.29, 1.82) is 0 Å². The van der Waals surface area contributed by atoms with Gasteiger partial charge in [-0.2, -0.15) is 0 Å². The Bertz CT molecular complexity index is 1210. The molecule has 0 radical (unpaired) electrons. The average molecular weight is 470 g/mol. The molecule has 1 amide bonds. The number of hydrogen-bond donors (Lipinski definition) is 2. The number of rotatable bonds is 5. The van der Waals surface area contributed by atoms with Crippen molar-refractivity contribution in [3.05, 3.63) is 51.1 Å². The Balaban J connectivity index is 1.47. The van der Waals surface area contributed by atoms with Gasteiger partial charge in [-0.05, 0) is 36.6 Å². The molecule has 0 bridgehead atoms. The number of anilines is 1. The number of carbonyl (C=O) groups excluding carboxylic acids is 1. The highest BCUT2D eigenvalue weighted by Gasteiger charge is 2.21. The van der Waals surface area contributed by atoms with Gasteiger partial charge in [0.2, 0.25) is 0 Å². The van der Waals surface area contributed by atoms with Crippen LogP contribution >= 0.6 is 11.3 Å². The minimum Gasteiger partial charge on any atom is -0.381 e. The summed E-state index contributed by atoms with van der Waals surface area (Å²) in [6, 6.07) is 9.68. The van der Waals surface area contributed by atoms with Crippen molar-refractivity contribution in [2.45, 2.75) is 25.4 Å². The summed E-state index contributed by atoms with van der Waals surface area (Å²) >= 11 is 1.24. The van der Waals surface area contributed by atoms with Crippen molar-refractivity contribution in [1.82, 2.24) is 19.8 Å². The summed E-state index contributed by atoms with van der Waals surface area (Å²) in [5.41, 5.74) is 7.97. The number of nitrogen functional groups attached to an aromatic ring is 1. The lowest BCUT2D eigenvalue weighted by atomic mass is 10.1. The normalized spacial score (nSPS) is 17.9. The molecular weight excluding hydrogens is 442 g/mol. The highest BCUT2D eigenvalue weighted by molar-refractivity contribution is 7.20. The summed E-state index contributed by atoms with van der Waals surface area (Å²) in [6.45, 7) is 5.30. The van der Waals surface area contributed by atoms with Gasteiger partial charge in [0.1, 0.15) is 4.83 Å². The first-order valence-corrected chi connectivity index (χ1v) is 12.0. The predicted octanol–water partition coefficient (Wildman–Crippen LogP) is 1.77. The van der Waals surface area contributed by atoms with Gasteiger partial charge in [0.05, 0.1) is 23.6 Å². The standard InChI is InChI=1S/C23H27N5O4S/c24-20-23(30)28(17-3-1-2-15(12-17)14-27-6-10-32-11-7-27)18-13-19(33-22(18)26-20)21(29)25-16-4-8-31-9-5-16/h1-3,12-13,16H,4-11,14H2,(H2,24,26)(H,25,29). The fraction of sp³-hybridized carbons (Fsp3) is 0.435. The average Bonchev–Trinajstić information content (AvgIpc) is 3.25. The van der Waals surface area contributed by atoms with Crippen molar-refractivity contribution < 1.29 is 14.3 Å². The van der Waals surface area contributed by atoms with Gasteiger partial charge in [-0.15, -0.1) is 11.3 Å². The number of ether oxygens (including phenoxy) is 2. The van der Waals surface area contributed by atoms with E-state index in [1.807, 2.05) is 24.3 Å². The van der Waals surface area contributed by atoms with E-state index in [2.05, 4.69) is 15.2 Å². The number of morpholine rings is 1. The number of nitrogens with zero attached hydrogens (tertiary/aromatic N) is 3. The smallest absolute Gasteiger partial charge is 0.298 e. The third-order valence-corrected chi connectivity index (χ3v) is 7.05. The zero-order chi connectivity index (χ0) is 22.8. The SMILES string of the molecule is Nc1nc2sc(C(=O)NC3CCOCC3)cc2n(-c2cccc(CN3CCOCC3)c2)c1=O. The molecule has 4 heterocycles. The van der Waals surface area contributed by atoms with Crippen LogP contribution in [0.5, 0.6) is 0 Å². The fourth-order valence-corrected chi connectivity index (χ4v) is 5.20. The van der Waals surface area contributed by atoms with E-state index in [-0.39, 0.29) is 23.3 Å². The number of thiophene rings is 1. The van der Waals surface area contributed by atoms with Crippen LogP contribution in [0.15, 0.2) is 35.1 Å². The van der Waals surface area contributed by atoms with Gasteiger partial charge in [0.25, 0.3) is 11.5 Å². The molecule has 33 heavy (non-hydrogen) atoms. The molecule has 2 aromatic heterocycles. The van der Waals surface area contributed by atoms with Gasteiger partial charge in [-0.1, -0.05) is 12.1 Å². The van der Waals surface area contributed by atoms with Crippen LogP contribution in [0, 0.1) is 0 Å². The van der Waals surface area contributed by atoms with E-state index in [1.54, 1.807) is 10.6 Å². The van der Waals surface area contributed by atoms with Crippen LogP contribution in [0.1, 0.15) is 28.1 Å². The highest BCUT2D eigenvalue weighted by Crippen LogP contribution is 2.26. The van der Waals surface area contributed by atoms with E-state index in [0.717, 1.165) is 51.3 Å². The lowest BCUT2D eigenvalue weighted by molar-refractivity contribution is 0.0342. The maximum absolute atomic E-state index is 13.0. The predicted molar refractivity (Wildman–Crippen MR) is 127 cm³/mol.